The van der Waals surface area contributed by atoms with Gasteiger partial charge in [-0.25, -0.2) is 0 Å². The molecule has 0 aromatic heterocycles. The van der Waals surface area contributed by atoms with E-state index in [2.05, 4.69) is 99.7 Å². The first-order chi connectivity index (χ1) is 48.4. The van der Waals surface area contributed by atoms with Crippen LogP contribution in [0, 0.1) is 22.7 Å². The van der Waals surface area contributed by atoms with Crippen molar-refractivity contribution in [3.05, 3.63) is 0 Å². The quantitative estimate of drug-likeness (QED) is 0.0743. The van der Waals surface area contributed by atoms with E-state index < -0.39 is 23.9 Å². The largest absolute Gasteiger partial charge is 0.480 e. The minimum absolute atomic E-state index is 0. The molecule has 0 aliphatic carbocycles. The van der Waals surface area contributed by atoms with Gasteiger partial charge in [-0.15, -0.1) is 0 Å². The average Bonchev–Trinajstić information content (AvgIpc) is 0.891. The van der Waals surface area contributed by atoms with Crippen LogP contribution in [0.4, 0.5) is 0 Å². The van der Waals surface area contributed by atoms with Crippen LogP contribution in [0.5, 0.6) is 0 Å². The van der Waals surface area contributed by atoms with Crippen molar-refractivity contribution in [2.24, 2.45) is 22.7 Å². The number of nitrogens with zero attached hydrogens (tertiary/aromatic N) is 14. The van der Waals surface area contributed by atoms with Crippen LogP contribution in [0.2, 0.25) is 0 Å². The van der Waals surface area contributed by atoms with Crippen LogP contribution in [-0.4, -0.2) is 414 Å². The summed E-state index contributed by atoms with van der Waals surface area (Å²) in [5.74, 6) is -1.40. The van der Waals surface area contributed by atoms with E-state index in [0.717, 1.165) is 144 Å². The maximum atomic E-state index is 12.5. The molecule has 2 rings (SSSR count). The molecular formula is C69H134N14O22. The van der Waals surface area contributed by atoms with E-state index in [-0.39, 0.29) is 92.9 Å². The maximum absolute atomic E-state index is 12.5. The summed E-state index contributed by atoms with van der Waals surface area (Å²) in [7, 11) is 12.1. The average molecular weight is 1510 g/mol. The van der Waals surface area contributed by atoms with Crippen LogP contribution < -0.4 is 0 Å². The van der Waals surface area contributed by atoms with Gasteiger partial charge in [-0.05, 0) is 80.3 Å². The van der Waals surface area contributed by atoms with Crippen molar-refractivity contribution < 1.29 is 107 Å². The van der Waals surface area contributed by atoms with Gasteiger partial charge >= 0.3 is 60.8 Å². The Balaban J connectivity index is -0.000000155. The summed E-state index contributed by atoms with van der Waals surface area (Å²) in [4.78, 5) is 196. The first-order valence-corrected chi connectivity index (χ1v) is 34.2. The van der Waals surface area contributed by atoms with E-state index in [1.165, 1.54) is 0 Å². The Hall–Kier alpha value is -7.06. The monoisotopic (exact) mass is 1510 g/mol. The van der Waals surface area contributed by atoms with Crippen LogP contribution >= 0.6 is 0 Å². The second-order valence-electron chi connectivity index (χ2n) is 27.5. The van der Waals surface area contributed by atoms with Gasteiger partial charge in [-0.3, -0.25) is 72.9 Å². The Labute approximate surface area is 624 Å². The van der Waals surface area contributed by atoms with Gasteiger partial charge in [0.1, 0.15) is 0 Å². The number of ketones is 2. The number of hydrogen-bond acceptors (Lipinski definition) is 32. The molecule has 2 aliphatic heterocycles. The van der Waals surface area contributed by atoms with Crippen LogP contribution in [-0.2, 0) is 86.3 Å². The number of carboxylic acids is 4. The Kier molecular flexibility index (Phi) is 83.3. The summed E-state index contributed by atoms with van der Waals surface area (Å²) >= 11 is 0. The van der Waals surface area contributed by atoms with Crippen LogP contribution in [0.3, 0.4) is 0 Å². The molecule has 0 unspecified atom stereocenters. The minimum atomic E-state index is -0.848. The third-order valence-corrected chi connectivity index (χ3v) is 14.8. The molecule has 0 radical (unpaired) electrons. The molecule has 0 bridgehead atoms. The van der Waals surface area contributed by atoms with E-state index in [4.69, 9.17) is 78.0 Å². The number of likely N-dealkylation sites (N-methyl/N-ethyl adjacent to an activating group) is 6. The summed E-state index contributed by atoms with van der Waals surface area (Å²) in [5, 5.41) is 35.9. The molecule has 0 aromatic rings. The molecule has 36 heteroatoms. The number of hydrogen-bond donors (Lipinski definition) is 4. The van der Waals surface area contributed by atoms with Gasteiger partial charge < -0.3 is 44.9 Å². The number of carbonyl (C=O) groups excluding carboxylic acids is 14. The number of carboxylic acid groups (broad SMARTS) is 4. The van der Waals surface area contributed by atoms with Crippen LogP contribution in [0.1, 0.15) is 104 Å². The fourth-order valence-corrected chi connectivity index (χ4v) is 9.44. The Morgan fingerprint density at radius 3 is 0.857 bits per heavy atom. The SMILES string of the molecule is C.CCN(CC(=O)O)CN(CC(=O)C(C)(C)C)CN(C)C.CCN(CC(=O)O)CN(CC(C)C)CN(C)C.CCN1CCN(CC(=O)O)CCN(C)CCN(CC(=O)C(C)(C)C)CC1.CCN1CCN(CC(=O)O)CCN(C)CCN(CC(C)C)CC1.O=C=O.O=C=O.O=C=O.O=C=O.O=C=O.O=C=O. The molecule has 2 heterocycles. The Morgan fingerprint density at radius 2 is 0.610 bits per heavy atom. The van der Waals surface area contributed by atoms with E-state index >= 15 is 0 Å². The molecule has 612 valence electrons. The third kappa shape index (κ3) is 85.8. The van der Waals surface area contributed by atoms with Crippen molar-refractivity contribution in [1.29, 1.82) is 0 Å². The zero-order valence-corrected chi connectivity index (χ0v) is 66.2. The van der Waals surface area contributed by atoms with E-state index in [0.29, 0.717) is 51.5 Å². The number of carbonyl (C=O) groups is 6. The number of rotatable bonds is 28. The normalized spacial score (nSPS) is 14.8. The van der Waals surface area contributed by atoms with Crippen molar-refractivity contribution in [2.75, 3.05) is 252 Å². The second kappa shape index (κ2) is 75.2. The standard InChI is InChI=1S/C19H38N4O3.C17H36N4O2.C14H29N3O3.C12H27N3O2.6CO2.CH4/c1-6-21-11-13-22(15-17(24)19(2,3)4)9-7-20(5)8-10-23(14-12-21)16-18(25)26;1-5-19-10-12-20(14-16(2)3)8-6-18(4)7-9-21(13-11-19)15-17(22)23;1-7-16(9-13(19)20)11-17(10-15(5)6)8-12(18)14(2,3)4;1-6-14(8-12(16)17)10-15(7-11(2)3)9-13(4)5;6*2-1-3;/h6-16H2,1-5H3,(H,25,26);16H,5-15H2,1-4H3,(H,22,23);7-11H2,1-6H3,(H,19,20);11H,6-10H2,1-5H3,(H,16,17);;;;;;;1H4. The number of Topliss-reactive ketones (excluding diaryl/α,β-unsaturated/α-hetero) is 2. The minimum Gasteiger partial charge on any atom is -0.480 e. The fraction of sp³-hybridized carbons (Fsp3) is 0.826. The molecule has 0 saturated carbocycles. The van der Waals surface area contributed by atoms with Gasteiger partial charge in [-0.1, -0.05) is 104 Å². The zero-order chi connectivity index (χ0) is 82.6. The van der Waals surface area contributed by atoms with Gasteiger partial charge in [0.2, 0.25) is 0 Å². The topological polar surface area (TPSA) is 434 Å². The molecule has 2 aliphatic rings. The first kappa shape index (κ1) is 116. The van der Waals surface area contributed by atoms with Gasteiger partial charge in [0, 0.05) is 129 Å². The highest BCUT2D eigenvalue weighted by atomic mass is 16.4. The Bertz CT molecular complexity index is 2330. The van der Waals surface area contributed by atoms with Gasteiger partial charge in [0.15, 0.2) is 11.6 Å². The van der Waals surface area contributed by atoms with Crippen molar-refractivity contribution in [2.45, 2.75) is 104 Å². The molecule has 0 amide bonds. The first-order valence-electron chi connectivity index (χ1n) is 34.2. The summed E-state index contributed by atoms with van der Waals surface area (Å²) in [6.07, 6.45) is 1.50. The smallest absolute Gasteiger partial charge is 0.373 e. The molecule has 2 saturated heterocycles. The van der Waals surface area contributed by atoms with Crippen molar-refractivity contribution in [3.8, 4) is 0 Å². The van der Waals surface area contributed by atoms with Crippen LogP contribution in [0.15, 0.2) is 0 Å². The highest BCUT2D eigenvalue weighted by molar-refractivity contribution is 5.86. The van der Waals surface area contributed by atoms with E-state index in [9.17, 15) is 28.8 Å². The highest BCUT2D eigenvalue weighted by Gasteiger charge is 2.27. The van der Waals surface area contributed by atoms with Crippen molar-refractivity contribution >= 4 is 72.4 Å². The van der Waals surface area contributed by atoms with Gasteiger partial charge in [0.25, 0.3) is 0 Å². The molecule has 36 nitrogen and oxygen atoms in total. The molecule has 4 N–H and O–H groups in total. The lowest BCUT2D eigenvalue weighted by Gasteiger charge is -2.33. The van der Waals surface area contributed by atoms with E-state index in [1.807, 2.05) is 108 Å². The molecule has 0 spiro atoms. The van der Waals surface area contributed by atoms with Crippen LogP contribution in [0.25, 0.3) is 0 Å². The Morgan fingerprint density at radius 1 is 0.352 bits per heavy atom. The number of aliphatic carboxylic acids is 4. The van der Waals surface area contributed by atoms with Gasteiger partial charge in [-0.2, -0.15) is 57.5 Å². The summed E-state index contributed by atoms with van der Waals surface area (Å²) in [5.41, 5.74) is -0.689. The van der Waals surface area contributed by atoms with E-state index in [1.54, 1.807) is 0 Å². The highest BCUT2D eigenvalue weighted by Crippen LogP contribution is 2.17. The second-order valence-corrected chi connectivity index (χ2v) is 27.5. The lowest BCUT2D eigenvalue weighted by molar-refractivity contribution is -0.193. The zero-order valence-electron chi connectivity index (χ0n) is 66.2. The summed E-state index contributed by atoms with van der Waals surface area (Å²) in [6, 6.07) is 0. The maximum Gasteiger partial charge on any atom is 0.373 e. The molecule has 105 heavy (non-hydrogen) atoms. The molecule has 0 aromatic carbocycles. The predicted molar refractivity (Wildman–Crippen MR) is 386 cm³/mol. The third-order valence-electron chi connectivity index (χ3n) is 14.8. The van der Waals surface area contributed by atoms with Crippen molar-refractivity contribution in [3.63, 3.8) is 0 Å². The lowest BCUT2D eigenvalue weighted by atomic mass is 9.90. The predicted octanol–water partition coefficient (Wildman–Crippen LogP) is -0.0949. The molecule has 0 atom stereocenters. The van der Waals surface area contributed by atoms with Crippen molar-refractivity contribution in [1.82, 2.24) is 68.6 Å². The molecule has 2 fully saturated rings. The fourth-order valence-electron chi connectivity index (χ4n) is 9.44. The summed E-state index contributed by atoms with van der Waals surface area (Å²) in [6.45, 7) is 52.6. The lowest BCUT2D eigenvalue weighted by Crippen LogP contribution is -2.47. The van der Waals surface area contributed by atoms with Gasteiger partial charge in [0.05, 0.1) is 65.9 Å². The molecular weight excluding hydrogens is 1380 g/mol. The summed E-state index contributed by atoms with van der Waals surface area (Å²) < 4.78 is 0.